The van der Waals surface area contributed by atoms with E-state index in [1.807, 2.05) is 6.07 Å². The Morgan fingerprint density at radius 1 is 1.32 bits per heavy atom. The van der Waals surface area contributed by atoms with Crippen molar-refractivity contribution in [1.82, 2.24) is 5.32 Å². The summed E-state index contributed by atoms with van der Waals surface area (Å²) in [4.78, 5) is 23.8. The van der Waals surface area contributed by atoms with Crippen LogP contribution in [0.15, 0.2) is 17.5 Å². The van der Waals surface area contributed by atoms with Crippen molar-refractivity contribution in [2.75, 3.05) is 0 Å². The molecule has 0 unspecified atom stereocenters. The Morgan fingerprint density at radius 3 is 2.63 bits per heavy atom. The predicted octanol–water partition coefficient (Wildman–Crippen LogP) is 2.83. The molecule has 1 heterocycles. The van der Waals surface area contributed by atoms with Crippen molar-refractivity contribution in [3.05, 3.63) is 22.4 Å². The van der Waals surface area contributed by atoms with E-state index in [0.29, 0.717) is 6.42 Å². The van der Waals surface area contributed by atoms with Crippen molar-refractivity contribution >= 4 is 23.2 Å². The van der Waals surface area contributed by atoms with Crippen LogP contribution in [0.2, 0.25) is 0 Å². The zero-order valence-corrected chi connectivity index (χ0v) is 12.3. The van der Waals surface area contributed by atoms with Crippen LogP contribution in [0.1, 0.15) is 44.4 Å². The Hall–Kier alpha value is -1.36. The van der Waals surface area contributed by atoms with Crippen LogP contribution in [-0.4, -0.2) is 22.5 Å². The molecule has 0 aliphatic heterocycles. The number of thiophene rings is 1. The average Bonchev–Trinajstić information content (AvgIpc) is 2.80. The number of hydrogen-bond acceptors (Lipinski definition) is 3. The molecule has 0 atom stereocenters. The maximum Gasteiger partial charge on any atom is 0.328 e. The maximum absolute atomic E-state index is 11.6. The summed E-state index contributed by atoms with van der Waals surface area (Å²) < 4.78 is 0. The molecule has 19 heavy (non-hydrogen) atoms. The number of carboxylic acids is 1. The molecular weight excluding hydrogens is 262 g/mol. The molecule has 0 aliphatic carbocycles. The molecule has 0 fully saturated rings. The second-order valence-electron chi connectivity index (χ2n) is 5.12. The number of aryl methyl sites for hydroxylation is 1. The van der Waals surface area contributed by atoms with Crippen LogP contribution in [0.4, 0.5) is 0 Å². The van der Waals surface area contributed by atoms with Gasteiger partial charge in [0.1, 0.15) is 5.54 Å². The number of rotatable bonds is 8. The highest BCUT2D eigenvalue weighted by atomic mass is 32.1. The average molecular weight is 283 g/mol. The fourth-order valence-corrected chi connectivity index (χ4v) is 2.43. The number of nitrogens with one attached hydrogen (secondary N) is 1. The molecule has 4 nitrogen and oxygen atoms in total. The molecular formula is C14H21NO3S. The summed E-state index contributed by atoms with van der Waals surface area (Å²) in [5.74, 6) is -1.21. The van der Waals surface area contributed by atoms with Gasteiger partial charge >= 0.3 is 5.97 Å². The minimum Gasteiger partial charge on any atom is -0.480 e. The summed E-state index contributed by atoms with van der Waals surface area (Å²) >= 11 is 1.75. The van der Waals surface area contributed by atoms with Gasteiger partial charge in [0.05, 0.1) is 0 Å². The van der Waals surface area contributed by atoms with Crippen LogP contribution in [0.3, 0.4) is 0 Å². The summed E-state index contributed by atoms with van der Waals surface area (Å²) in [6.07, 6.45) is 4.29. The topological polar surface area (TPSA) is 66.4 Å². The van der Waals surface area contributed by atoms with Crippen LogP contribution in [-0.2, 0) is 16.0 Å². The van der Waals surface area contributed by atoms with E-state index in [2.05, 4.69) is 16.8 Å². The summed E-state index contributed by atoms with van der Waals surface area (Å²) in [6, 6.07) is 4.16. The largest absolute Gasteiger partial charge is 0.480 e. The van der Waals surface area contributed by atoms with E-state index in [-0.39, 0.29) is 5.91 Å². The van der Waals surface area contributed by atoms with E-state index in [0.717, 1.165) is 25.7 Å². The molecule has 1 aromatic rings. The molecule has 0 saturated carbocycles. The Morgan fingerprint density at radius 2 is 2.05 bits per heavy atom. The molecule has 1 aromatic heterocycles. The minimum absolute atomic E-state index is 0.191. The monoisotopic (exact) mass is 283 g/mol. The molecule has 0 saturated heterocycles. The normalized spacial score (nSPS) is 11.3. The van der Waals surface area contributed by atoms with E-state index in [1.54, 1.807) is 11.3 Å². The number of hydrogen-bond donors (Lipinski definition) is 2. The standard InChI is InChI=1S/C14H21NO3S/c1-14(2,13(17)18)15-12(16)9-5-3-4-7-11-8-6-10-19-11/h6,8,10H,3-5,7,9H2,1-2H3,(H,15,16)(H,17,18). The maximum atomic E-state index is 11.6. The highest BCUT2D eigenvalue weighted by Crippen LogP contribution is 2.13. The van der Waals surface area contributed by atoms with Crippen molar-refractivity contribution in [3.63, 3.8) is 0 Å². The van der Waals surface area contributed by atoms with Gasteiger partial charge in [0.25, 0.3) is 0 Å². The number of aliphatic carboxylic acids is 1. The fraction of sp³-hybridized carbons (Fsp3) is 0.571. The van der Waals surface area contributed by atoms with Crippen molar-refractivity contribution in [3.8, 4) is 0 Å². The SMILES string of the molecule is CC(C)(NC(=O)CCCCCc1cccs1)C(=O)O. The van der Waals surface area contributed by atoms with Crippen molar-refractivity contribution in [1.29, 1.82) is 0 Å². The molecule has 106 valence electrons. The third-order valence-electron chi connectivity index (χ3n) is 2.89. The molecule has 0 aromatic carbocycles. The lowest BCUT2D eigenvalue weighted by Gasteiger charge is -2.20. The zero-order valence-electron chi connectivity index (χ0n) is 11.4. The van der Waals surface area contributed by atoms with E-state index >= 15 is 0 Å². The van der Waals surface area contributed by atoms with E-state index in [4.69, 9.17) is 5.11 Å². The first-order valence-electron chi connectivity index (χ1n) is 6.48. The van der Waals surface area contributed by atoms with Crippen LogP contribution in [0, 0.1) is 0 Å². The van der Waals surface area contributed by atoms with Gasteiger partial charge < -0.3 is 10.4 Å². The predicted molar refractivity (Wildman–Crippen MR) is 76.3 cm³/mol. The van der Waals surface area contributed by atoms with Gasteiger partial charge in [-0.05, 0) is 44.6 Å². The number of carboxylic acid groups (broad SMARTS) is 1. The van der Waals surface area contributed by atoms with Gasteiger partial charge in [-0.2, -0.15) is 0 Å². The fourth-order valence-electron chi connectivity index (χ4n) is 1.68. The van der Waals surface area contributed by atoms with Crippen molar-refractivity contribution in [2.45, 2.75) is 51.5 Å². The first-order valence-corrected chi connectivity index (χ1v) is 7.36. The van der Waals surface area contributed by atoms with Crippen molar-refractivity contribution in [2.24, 2.45) is 0 Å². The van der Waals surface area contributed by atoms with E-state index in [9.17, 15) is 9.59 Å². The molecule has 0 spiro atoms. The molecule has 5 heteroatoms. The van der Waals surface area contributed by atoms with Gasteiger partial charge in [-0.1, -0.05) is 12.5 Å². The summed E-state index contributed by atoms with van der Waals surface area (Å²) in [5, 5.41) is 13.5. The van der Waals surface area contributed by atoms with Gasteiger partial charge in [0.15, 0.2) is 0 Å². The Bertz CT molecular complexity index is 412. The molecule has 0 bridgehead atoms. The number of carbonyl (C=O) groups is 2. The van der Waals surface area contributed by atoms with Crippen LogP contribution >= 0.6 is 11.3 Å². The Balaban J connectivity index is 2.12. The molecule has 1 rings (SSSR count). The third kappa shape index (κ3) is 5.87. The molecule has 2 N–H and O–H groups in total. The van der Waals surface area contributed by atoms with Gasteiger partial charge in [0, 0.05) is 11.3 Å². The van der Waals surface area contributed by atoms with Crippen LogP contribution in [0.25, 0.3) is 0 Å². The third-order valence-corrected chi connectivity index (χ3v) is 3.83. The molecule has 0 radical (unpaired) electrons. The summed E-state index contributed by atoms with van der Waals surface area (Å²) in [6.45, 7) is 2.98. The van der Waals surface area contributed by atoms with Crippen molar-refractivity contribution < 1.29 is 14.7 Å². The first-order chi connectivity index (χ1) is 8.92. The number of carbonyl (C=O) groups excluding carboxylic acids is 1. The van der Waals surface area contributed by atoms with Gasteiger partial charge in [-0.25, -0.2) is 4.79 Å². The van der Waals surface area contributed by atoms with E-state index in [1.165, 1.54) is 18.7 Å². The van der Waals surface area contributed by atoms with Crippen LogP contribution in [0.5, 0.6) is 0 Å². The van der Waals surface area contributed by atoms with Gasteiger partial charge in [0.2, 0.25) is 5.91 Å². The number of unbranched alkanes of at least 4 members (excludes halogenated alkanes) is 2. The zero-order chi connectivity index (χ0) is 14.3. The minimum atomic E-state index is -1.19. The second kappa shape index (κ2) is 7.28. The van der Waals surface area contributed by atoms with Crippen LogP contribution < -0.4 is 5.32 Å². The summed E-state index contributed by atoms with van der Waals surface area (Å²) in [5.41, 5.74) is -1.19. The molecule has 1 amide bonds. The Kier molecular flexibility index (Phi) is 6.02. The highest BCUT2D eigenvalue weighted by molar-refractivity contribution is 7.09. The lowest BCUT2D eigenvalue weighted by Crippen LogP contribution is -2.49. The quantitative estimate of drug-likeness (QED) is 0.721. The smallest absolute Gasteiger partial charge is 0.328 e. The second-order valence-corrected chi connectivity index (χ2v) is 6.15. The Labute approximate surface area is 117 Å². The number of amides is 1. The van der Waals surface area contributed by atoms with Gasteiger partial charge in [-0.3, -0.25) is 4.79 Å². The lowest BCUT2D eigenvalue weighted by atomic mass is 10.1. The lowest BCUT2D eigenvalue weighted by molar-refractivity contribution is -0.146. The highest BCUT2D eigenvalue weighted by Gasteiger charge is 2.28. The first kappa shape index (κ1) is 15.7. The summed E-state index contributed by atoms with van der Waals surface area (Å²) in [7, 11) is 0. The molecule has 0 aliphatic rings. The van der Waals surface area contributed by atoms with Gasteiger partial charge in [-0.15, -0.1) is 11.3 Å². The van der Waals surface area contributed by atoms with E-state index < -0.39 is 11.5 Å².